The van der Waals surface area contributed by atoms with Crippen molar-refractivity contribution in [3.8, 4) is 0 Å². The normalized spacial score (nSPS) is 10.9. The van der Waals surface area contributed by atoms with Crippen LogP contribution in [0.1, 0.15) is 63.5 Å². The number of nitrogens with one attached hydrogen (secondary N) is 6. The quantitative estimate of drug-likeness (QED) is 0.120. The standard InChI is InChI=1S/C30H41N11O9/c1-30(2,3)50-29(49)31-12-11-24(45)33-18-15-40(5)26(35-18)27(48)32-17-13-20(39(4)14-17)37-22(43)8-7-21(42)34-19-16-41(6)28(36-19)38-23(44)9-10-25(46)47/h13-16H,7-12H2,1-6H3,(H,31,49)(H,32,48)(H,33,45)(H,34,42)(H,37,43)(H,46,47)(H,36,38,44). The molecule has 0 bridgehead atoms. The van der Waals surface area contributed by atoms with Crippen LogP contribution in [-0.4, -0.2) is 82.5 Å². The first-order valence-corrected chi connectivity index (χ1v) is 15.3. The van der Waals surface area contributed by atoms with Gasteiger partial charge in [0.1, 0.15) is 11.4 Å². The summed E-state index contributed by atoms with van der Waals surface area (Å²) >= 11 is 0. The van der Waals surface area contributed by atoms with Crippen LogP contribution < -0.4 is 31.9 Å². The van der Waals surface area contributed by atoms with Crippen LogP contribution in [0, 0.1) is 0 Å². The Kier molecular flexibility index (Phi) is 12.8. The van der Waals surface area contributed by atoms with Crippen LogP contribution in [0.15, 0.2) is 24.7 Å². The van der Waals surface area contributed by atoms with Gasteiger partial charge in [-0.15, -0.1) is 0 Å². The fraction of sp³-hybridized carbons (Fsp3) is 0.433. The van der Waals surface area contributed by atoms with Crippen LogP contribution in [0.25, 0.3) is 0 Å². The first kappa shape index (κ1) is 38.2. The highest BCUT2D eigenvalue weighted by Crippen LogP contribution is 2.20. The Bertz CT molecular complexity index is 1770. The lowest BCUT2D eigenvalue weighted by molar-refractivity contribution is -0.138. The van der Waals surface area contributed by atoms with Gasteiger partial charge in [0.15, 0.2) is 11.6 Å². The molecule has 6 amide bonds. The minimum absolute atomic E-state index is 0.00627. The largest absolute Gasteiger partial charge is 0.481 e. The summed E-state index contributed by atoms with van der Waals surface area (Å²) in [6.45, 7) is 5.20. The van der Waals surface area contributed by atoms with E-state index in [4.69, 9.17) is 9.84 Å². The Hall–Kier alpha value is -6.21. The van der Waals surface area contributed by atoms with E-state index in [1.807, 2.05) is 0 Å². The van der Waals surface area contributed by atoms with E-state index >= 15 is 0 Å². The Morgan fingerprint density at radius 3 is 1.90 bits per heavy atom. The number of aliphatic carboxylic acids is 1. The van der Waals surface area contributed by atoms with Gasteiger partial charge in [0.2, 0.25) is 35.4 Å². The van der Waals surface area contributed by atoms with Crippen LogP contribution in [-0.2, 0) is 49.9 Å². The molecule has 3 heterocycles. The zero-order chi connectivity index (χ0) is 37.2. The zero-order valence-corrected chi connectivity index (χ0v) is 28.5. The monoisotopic (exact) mass is 699 g/mol. The smallest absolute Gasteiger partial charge is 0.407 e. The van der Waals surface area contributed by atoms with E-state index in [-0.39, 0.29) is 62.1 Å². The van der Waals surface area contributed by atoms with Crippen molar-refractivity contribution in [1.82, 2.24) is 29.0 Å². The highest BCUT2D eigenvalue weighted by molar-refractivity contribution is 6.03. The molecule has 20 nitrogen and oxygen atoms in total. The van der Waals surface area contributed by atoms with Gasteiger partial charge in [-0.3, -0.25) is 34.1 Å². The summed E-state index contributed by atoms with van der Waals surface area (Å²) in [5.41, 5.74) is -0.326. The number of carbonyl (C=O) groups excluding carboxylic acids is 6. The van der Waals surface area contributed by atoms with E-state index in [0.29, 0.717) is 11.5 Å². The lowest BCUT2D eigenvalue weighted by atomic mass is 10.2. The molecule has 0 spiro atoms. The number of aryl methyl sites for hydroxylation is 3. The van der Waals surface area contributed by atoms with E-state index in [9.17, 15) is 33.6 Å². The van der Waals surface area contributed by atoms with Gasteiger partial charge in [0, 0.05) is 78.0 Å². The number of hydrogen-bond acceptors (Lipinski definition) is 10. The number of alkyl carbamates (subject to hydrolysis) is 1. The van der Waals surface area contributed by atoms with Gasteiger partial charge in [0.05, 0.1) is 12.1 Å². The SMILES string of the molecule is Cn1cc(NC(=O)c2nc(NC(=O)CCNC(=O)OC(C)(C)C)cn2C)cc1NC(=O)CCC(=O)Nc1cn(C)c(NC(=O)CCC(=O)O)n1. The molecule has 0 aliphatic heterocycles. The number of anilines is 5. The van der Waals surface area contributed by atoms with Crippen LogP contribution in [0.4, 0.5) is 33.9 Å². The molecule has 20 heteroatoms. The van der Waals surface area contributed by atoms with Crippen LogP contribution >= 0.6 is 0 Å². The number of hydrogen-bond donors (Lipinski definition) is 7. The summed E-state index contributed by atoms with van der Waals surface area (Å²) in [6, 6.07) is 1.51. The number of amides is 6. The number of nitrogens with zero attached hydrogens (tertiary/aromatic N) is 5. The summed E-state index contributed by atoms with van der Waals surface area (Å²) < 4.78 is 9.54. The lowest BCUT2D eigenvalue weighted by Crippen LogP contribution is -2.34. The number of aromatic nitrogens is 5. The minimum Gasteiger partial charge on any atom is -0.481 e. The van der Waals surface area contributed by atoms with Crippen LogP contribution in [0.5, 0.6) is 0 Å². The van der Waals surface area contributed by atoms with Gasteiger partial charge < -0.3 is 50.1 Å². The molecule has 3 aromatic rings. The van der Waals surface area contributed by atoms with Crippen molar-refractivity contribution in [3.05, 3.63) is 30.5 Å². The molecule has 3 rings (SSSR count). The van der Waals surface area contributed by atoms with E-state index in [1.54, 1.807) is 52.7 Å². The Balaban J connectivity index is 1.45. The van der Waals surface area contributed by atoms with E-state index in [2.05, 4.69) is 41.9 Å². The third-order valence-corrected chi connectivity index (χ3v) is 6.44. The molecule has 0 fully saturated rings. The van der Waals surface area contributed by atoms with Gasteiger partial charge in [-0.25, -0.2) is 9.78 Å². The Morgan fingerprint density at radius 2 is 1.26 bits per heavy atom. The van der Waals surface area contributed by atoms with Gasteiger partial charge >= 0.3 is 12.1 Å². The maximum Gasteiger partial charge on any atom is 0.407 e. The Labute approximate surface area is 286 Å². The highest BCUT2D eigenvalue weighted by Gasteiger charge is 2.19. The first-order valence-electron chi connectivity index (χ1n) is 15.3. The maximum absolute atomic E-state index is 12.9. The van der Waals surface area contributed by atoms with Crippen molar-refractivity contribution < 1.29 is 43.4 Å². The van der Waals surface area contributed by atoms with Crippen molar-refractivity contribution in [2.75, 3.05) is 33.1 Å². The maximum atomic E-state index is 12.9. The molecule has 3 aromatic heterocycles. The second-order valence-corrected chi connectivity index (χ2v) is 12.1. The van der Waals surface area contributed by atoms with Crippen molar-refractivity contribution in [2.24, 2.45) is 21.1 Å². The molecule has 0 saturated carbocycles. The Morgan fingerprint density at radius 1 is 0.700 bits per heavy atom. The summed E-state index contributed by atoms with van der Waals surface area (Å²) in [4.78, 5) is 92.7. The zero-order valence-electron chi connectivity index (χ0n) is 28.5. The van der Waals surface area contributed by atoms with Crippen molar-refractivity contribution in [3.63, 3.8) is 0 Å². The van der Waals surface area contributed by atoms with Gasteiger partial charge in [-0.1, -0.05) is 0 Å². The molecule has 0 aliphatic rings. The van der Waals surface area contributed by atoms with Gasteiger partial charge in [0.25, 0.3) is 5.91 Å². The molecule has 7 N–H and O–H groups in total. The third kappa shape index (κ3) is 12.4. The molecule has 0 aliphatic carbocycles. The van der Waals surface area contributed by atoms with Gasteiger partial charge in [-0.05, 0) is 20.8 Å². The van der Waals surface area contributed by atoms with E-state index in [0.717, 1.165) is 0 Å². The van der Waals surface area contributed by atoms with Crippen LogP contribution in [0.3, 0.4) is 0 Å². The summed E-state index contributed by atoms with van der Waals surface area (Å²) in [6.07, 6.45) is 2.83. The second kappa shape index (κ2) is 16.8. The first-order chi connectivity index (χ1) is 23.4. The third-order valence-electron chi connectivity index (χ3n) is 6.44. The molecule has 50 heavy (non-hydrogen) atoms. The topological polar surface area (TPSA) is 262 Å². The van der Waals surface area contributed by atoms with E-state index in [1.165, 1.54) is 27.6 Å². The number of rotatable bonds is 15. The number of ether oxygens (including phenoxy) is 1. The molecule has 0 unspecified atom stereocenters. The molecule has 0 radical (unpaired) electrons. The lowest BCUT2D eigenvalue weighted by Gasteiger charge is -2.19. The van der Waals surface area contributed by atoms with Crippen molar-refractivity contribution in [2.45, 2.75) is 58.5 Å². The molecule has 270 valence electrons. The summed E-state index contributed by atoms with van der Waals surface area (Å²) in [5.74, 6) is -2.96. The molecule has 0 saturated heterocycles. The fourth-order valence-electron chi connectivity index (χ4n) is 4.17. The number of carboxylic acids is 1. The number of carbonyl (C=O) groups is 7. The van der Waals surface area contributed by atoms with Crippen molar-refractivity contribution >= 4 is 70.7 Å². The highest BCUT2D eigenvalue weighted by atomic mass is 16.6. The fourth-order valence-corrected chi connectivity index (χ4v) is 4.17. The number of carboxylic acid groups (broad SMARTS) is 1. The predicted octanol–water partition coefficient (Wildman–Crippen LogP) is 1.76. The molecular formula is C30H41N11O9. The molecular weight excluding hydrogens is 658 g/mol. The summed E-state index contributed by atoms with van der Waals surface area (Å²) in [5, 5.41) is 24.1. The predicted molar refractivity (Wildman–Crippen MR) is 179 cm³/mol. The van der Waals surface area contributed by atoms with Crippen LogP contribution in [0.2, 0.25) is 0 Å². The van der Waals surface area contributed by atoms with Crippen molar-refractivity contribution in [1.29, 1.82) is 0 Å². The van der Waals surface area contributed by atoms with Gasteiger partial charge in [-0.2, -0.15) is 4.98 Å². The average Bonchev–Trinajstić information content (AvgIpc) is 3.64. The molecule has 0 atom stereocenters. The average molecular weight is 700 g/mol. The second-order valence-electron chi connectivity index (χ2n) is 12.1. The number of imidazole rings is 2. The minimum atomic E-state index is -1.11. The summed E-state index contributed by atoms with van der Waals surface area (Å²) in [7, 11) is 4.79. The van der Waals surface area contributed by atoms with E-state index < -0.39 is 47.2 Å². The molecule has 0 aromatic carbocycles.